The minimum atomic E-state index is -5.32. The summed E-state index contributed by atoms with van der Waals surface area (Å²) in [5.41, 5.74) is 10.2. The molecule has 0 aromatic heterocycles. The molecule has 0 aliphatic heterocycles. The summed E-state index contributed by atoms with van der Waals surface area (Å²) >= 11 is 3.39. The minimum absolute atomic E-state index is 0.0799. The third-order valence-electron chi connectivity index (χ3n) is 10.9. The number of aliphatic carboxylic acids is 4. The number of nitrogens with two attached hydrogens (primary N) is 2. The van der Waals surface area contributed by atoms with Gasteiger partial charge < -0.3 is 81.7 Å². The summed E-state index contributed by atoms with van der Waals surface area (Å²) in [5.74, 6) is -5.29. The first-order chi connectivity index (χ1) is 35.3. The van der Waals surface area contributed by atoms with Crippen LogP contribution in [0.15, 0.2) is 0 Å². The van der Waals surface area contributed by atoms with Crippen molar-refractivity contribution < 1.29 is 77.9 Å². The number of carbonyl (C=O) groups excluding carboxylic acids is 2. The van der Waals surface area contributed by atoms with Crippen LogP contribution in [-0.4, -0.2) is 284 Å². The van der Waals surface area contributed by atoms with E-state index in [0.717, 1.165) is 28.2 Å². The van der Waals surface area contributed by atoms with Gasteiger partial charge in [0, 0.05) is 77.3 Å². The first kappa shape index (κ1) is 82.1. The fourth-order valence-corrected chi connectivity index (χ4v) is 8.78. The largest absolute Gasteiger partial charge is 0.480 e. The molecule has 454 valence electrons. The van der Waals surface area contributed by atoms with Crippen molar-refractivity contribution in [1.29, 1.82) is 0 Å². The first-order valence-electron chi connectivity index (χ1n) is 25.8. The Morgan fingerprint density at radius 1 is 0.434 bits per heavy atom. The van der Waals surface area contributed by atoms with E-state index in [2.05, 4.69) is 103 Å². The van der Waals surface area contributed by atoms with E-state index >= 15 is 0 Å². The number of hydrogen-bond acceptors (Lipinski definition) is 17. The lowest BCUT2D eigenvalue weighted by atomic mass is 10.2. The van der Waals surface area contributed by atoms with Gasteiger partial charge in [0.1, 0.15) is 0 Å². The zero-order chi connectivity index (χ0) is 60.0. The minimum Gasteiger partial charge on any atom is -0.480 e. The molecule has 76 heavy (non-hydrogen) atoms. The standard InChI is InChI=1S/C16H30N4O15P2.C14H33N3.C6H14BrN.C6H14N2O.C4H11N/c21-11(17-5-16(36(30,31)32)37(33,34)35)6-18(1-3-19(7-12(22)23)8-13(24)25)2-4-20(9-14(26)27)10-15(28)29;1-6-15(7-2)11-13-17(10-5)14-12-16(8-3)9-4;1-3-8(4-2)6-5-7;1-5(2)4-8-6(9)3-7;1-4(2)3-5/h16H,1-10H2,(H,17,21)(H,22,23)(H,24,25)(H,26,27)(H,28,29)(H2,30,31,32)(H2,33,34,35);6-14H2,1-5H3;3-6H2,1-2H3;5H,3-4,7H2,1-2H3,(H,8,9);4H,3,5H2,1-2H3. The number of carbonyl (C=O) groups is 6. The van der Waals surface area contributed by atoms with E-state index in [1.165, 1.54) is 83.4 Å². The van der Waals surface area contributed by atoms with Gasteiger partial charge in [-0.05, 0) is 64.2 Å². The molecule has 0 aromatic rings. The lowest BCUT2D eigenvalue weighted by molar-refractivity contribution is -0.143. The maximum atomic E-state index is 12.3. The second kappa shape index (κ2) is 50.5. The van der Waals surface area contributed by atoms with Gasteiger partial charge in [0.2, 0.25) is 11.8 Å². The summed E-state index contributed by atoms with van der Waals surface area (Å²) in [6, 6.07) is 0. The molecule has 0 bridgehead atoms. The molecule has 0 heterocycles. The highest BCUT2D eigenvalue weighted by Gasteiger charge is 2.43. The lowest BCUT2D eigenvalue weighted by Gasteiger charge is -2.28. The van der Waals surface area contributed by atoms with Gasteiger partial charge in [0.05, 0.1) is 39.3 Å². The van der Waals surface area contributed by atoms with Crippen LogP contribution in [0.3, 0.4) is 0 Å². The van der Waals surface area contributed by atoms with Crippen LogP contribution < -0.4 is 22.1 Å². The predicted octanol–water partition coefficient (Wildman–Crippen LogP) is 0.0619. The van der Waals surface area contributed by atoms with Crippen LogP contribution in [0.1, 0.15) is 76.2 Å². The molecule has 30 heteroatoms. The maximum absolute atomic E-state index is 12.3. The number of nitrogens with zero attached hydrogens (tertiary/aromatic N) is 7. The normalized spacial score (nSPS) is 11.6. The average Bonchev–Trinajstić information content (AvgIpc) is 3.32. The molecule has 0 saturated carbocycles. The summed E-state index contributed by atoms with van der Waals surface area (Å²) in [6.07, 6.45) is 0. The molecule has 0 unspecified atom stereocenters. The van der Waals surface area contributed by atoms with Gasteiger partial charge in [0.25, 0.3) is 0 Å². The quantitative estimate of drug-likeness (QED) is 0.0286. The summed E-state index contributed by atoms with van der Waals surface area (Å²) in [4.78, 5) is 117. The number of likely N-dealkylation sites (N-methyl/N-ethyl adjacent to an activating group) is 3. The Morgan fingerprint density at radius 3 is 0.947 bits per heavy atom. The Labute approximate surface area is 461 Å². The Hall–Kier alpha value is -2.76. The van der Waals surface area contributed by atoms with Gasteiger partial charge in [-0.1, -0.05) is 92.1 Å². The highest BCUT2D eigenvalue weighted by Crippen LogP contribution is 2.59. The topological polar surface area (TPSA) is 397 Å². The van der Waals surface area contributed by atoms with Gasteiger partial charge in [0.15, 0.2) is 5.40 Å². The molecule has 2 amide bonds. The fourth-order valence-electron chi connectivity index (χ4n) is 6.05. The van der Waals surface area contributed by atoms with Crippen LogP contribution in [0.25, 0.3) is 0 Å². The molecule has 0 aliphatic carbocycles. The lowest BCUT2D eigenvalue weighted by Crippen LogP contribution is -2.47. The van der Waals surface area contributed by atoms with Crippen molar-refractivity contribution in [1.82, 2.24) is 44.9 Å². The molecule has 0 spiro atoms. The molecule has 0 saturated heterocycles. The molecule has 0 aliphatic rings. The van der Waals surface area contributed by atoms with Crippen LogP contribution in [0.4, 0.5) is 0 Å². The van der Waals surface area contributed by atoms with Gasteiger partial charge in [-0.3, -0.25) is 52.6 Å². The van der Waals surface area contributed by atoms with Gasteiger partial charge in [-0.25, -0.2) is 0 Å². The molecule has 0 aromatic carbocycles. The van der Waals surface area contributed by atoms with Crippen LogP contribution in [-0.2, 0) is 37.9 Å². The van der Waals surface area contributed by atoms with E-state index in [-0.39, 0.29) is 38.6 Å². The second-order valence-corrected chi connectivity index (χ2v) is 22.8. The second-order valence-electron chi connectivity index (χ2n) is 18.0. The number of rotatable bonds is 39. The van der Waals surface area contributed by atoms with E-state index in [4.69, 9.17) is 51.5 Å². The summed E-state index contributed by atoms with van der Waals surface area (Å²) in [7, 11) is -10.6. The van der Waals surface area contributed by atoms with Crippen molar-refractivity contribution in [2.75, 3.05) is 169 Å². The Balaban J connectivity index is -0.000000349. The highest BCUT2D eigenvalue weighted by molar-refractivity contribution is 9.09. The molecule has 0 fully saturated rings. The smallest absolute Gasteiger partial charge is 0.342 e. The Morgan fingerprint density at radius 2 is 0.711 bits per heavy atom. The average molecular weight is 1210 g/mol. The van der Waals surface area contributed by atoms with Gasteiger partial charge >= 0.3 is 39.1 Å². The number of hydrogen-bond donors (Lipinski definition) is 12. The van der Waals surface area contributed by atoms with Gasteiger partial charge in [-0.2, -0.15) is 0 Å². The summed E-state index contributed by atoms with van der Waals surface area (Å²) in [5, 5.41) is 39.0. The van der Waals surface area contributed by atoms with Crippen LogP contribution >= 0.6 is 31.1 Å². The first-order valence-corrected chi connectivity index (χ1v) is 30.3. The molecular weight excluding hydrogens is 1100 g/mol. The van der Waals surface area contributed by atoms with Crippen molar-refractivity contribution in [3.63, 3.8) is 0 Å². The van der Waals surface area contributed by atoms with E-state index in [1.54, 1.807) is 0 Å². The third-order valence-corrected chi connectivity index (χ3v) is 15.0. The number of carboxylic acid groups (broad SMARTS) is 4. The van der Waals surface area contributed by atoms with Crippen molar-refractivity contribution >= 4 is 66.8 Å². The molecule has 0 atom stereocenters. The molecular formula is C46H102BrN11O16P2. The Kier molecular flexibility index (Phi) is 54.5. The number of nitrogens with one attached hydrogen (secondary N) is 2. The van der Waals surface area contributed by atoms with Crippen molar-refractivity contribution in [2.24, 2.45) is 23.3 Å². The predicted molar refractivity (Wildman–Crippen MR) is 301 cm³/mol. The third kappa shape index (κ3) is 54.6. The van der Waals surface area contributed by atoms with Crippen molar-refractivity contribution in [3.05, 3.63) is 0 Å². The number of halogens is 1. The molecule has 0 rings (SSSR count). The maximum Gasteiger partial charge on any atom is 0.342 e. The summed E-state index contributed by atoms with van der Waals surface area (Å²) in [6.45, 7) is 34.4. The van der Waals surface area contributed by atoms with Crippen LogP contribution in [0.5, 0.6) is 0 Å². The molecule has 14 N–H and O–H groups in total. The van der Waals surface area contributed by atoms with Crippen molar-refractivity contribution in [3.8, 4) is 0 Å². The highest BCUT2D eigenvalue weighted by atomic mass is 79.9. The zero-order valence-electron chi connectivity index (χ0n) is 47.5. The SMILES string of the molecule is CC(C)CN.CC(C)CNC(=O)CN.CCN(CC)CCBr.CCN(CC)CCN(CC)CCN(CC)CC.O=C(O)CN(CCN(CCN(CC(=O)O)CC(=O)O)CC(=O)NCC(P(=O)(O)O)P(=O)(O)O)CC(=O)O. The van der Waals surface area contributed by atoms with E-state index in [1.807, 2.05) is 19.2 Å². The monoisotopic (exact) mass is 1210 g/mol. The van der Waals surface area contributed by atoms with E-state index in [9.17, 15) is 37.9 Å². The fraction of sp³-hybridized carbons (Fsp3) is 0.870. The zero-order valence-corrected chi connectivity index (χ0v) is 50.9. The van der Waals surface area contributed by atoms with Crippen molar-refractivity contribution in [2.45, 2.75) is 81.6 Å². The van der Waals surface area contributed by atoms with Crippen LogP contribution in [0.2, 0.25) is 0 Å². The number of alkyl halides is 1. The molecule has 0 radical (unpaired) electrons. The number of carboxylic acids is 4. The van der Waals surface area contributed by atoms with E-state index in [0.29, 0.717) is 11.8 Å². The molecule has 27 nitrogen and oxygen atoms in total. The van der Waals surface area contributed by atoms with E-state index < -0.39 is 89.6 Å². The number of amides is 2. The van der Waals surface area contributed by atoms with Gasteiger partial charge in [-0.15, -0.1) is 0 Å². The Bertz CT molecular complexity index is 1500. The summed E-state index contributed by atoms with van der Waals surface area (Å²) < 4.78 is 22.7. The van der Waals surface area contributed by atoms with Crippen LogP contribution in [0, 0.1) is 11.8 Å².